The smallest absolute Gasteiger partial charge is 0.309 e. The third kappa shape index (κ3) is 4.65. The lowest BCUT2D eigenvalue weighted by Gasteiger charge is -2.36. The number of likely N-dealkylation sites (tertiary alicyclic amines) is 1. The highest BCUT2D eigenvalue weighted by Crippen LogP contribution is 2.47. The summed E-state index contributed by atoms with van der Waals surface area (Å²) in [7, 11) is 0. The molecule has 2 aromatic carbocycles. The topological polar surface area (TPSA) is 88.7 Å². The zero-order valence-electron chi connectivity index (χ0n) is 17.8. The summed E-state index contributed by atoms with van der Waals surface area (Å²) < 4.78 is 25.6. The van der Waals surface area contributed by atoms with Crippen molar-refractivity contribution in [3.8, 4) is 23.0 Å². The van der Waals surface area contributed by atoms with Crippen molar-refractivity contribution in [1.82, 2.24) is 15.0 Å². The quantitative estimate of drug-likeness (QED) is 0.520. The molecule has 5 rings (SSSR count). The zero-order valence-corrected chi connectivity index (χ0v) is 18.7. The van der Waals surface area contributed by atoms with Crippen LogP contribution in [0.2, 0.25) is 0 Å². The fraction of sp³-hybridized carbons (Fsp3) is 0.292. The SMILES string of the molecule is CC1C=C(CN2CC(C(=O)O)C2)SC1c1noc(-c2ccc(Oc3ccccc3)c(F)c2)n1. The van der Waals surface area contributed by atoms with Crippen molar-refractivity contribution in [3.05, 3.63) is 71.2 Å². The summed E-state index contributed by atoms with van der Waals surface area (Å²) in [5, 5.41) is 13.2. The number of rotatable bonds is 7. The third-order valence-corrected chi connectivity index (χ3v) is 7.20. The van der Waals surface area contributed by atoms with Crippen molar-refractivity contribution < 1.29 is 23.6 Å². The van der Waals surface area contributed by atoms with Crippen LogP contribution in [-0.2, 0) is 4.79 Å². The first-order valence-corrected chi connectivity index (χ1v) is 11.5. The second kappa shape index (κ2) is 8.99. The van der Waals surface area contributed by atoms with Crippen LogP contribution in [-0.4, -0.2) is 45.8 Å². The highest BCUT2D eigenvalue weighted by molar-refractivity contribution is 8.03. The summed E-state index contributed by atoms with van der Waals surface area (Å²) in [5.74, 6) is 0.166. The largest absolute Gasteiger partial charge is 0.481 e. The van der Waals surface area contributed by atoms with Gasteiger partial charge in [-0.3, -0.25) is 9.69 Å². The van der Waals surface area contributed by atoms with Gasteiger partial charge in [-0.15, -0.1) is 11.8 Å². The molecular weight excluding hydrogens is 445 g/mol. The molecule has 3 heterocycles. The molecule has 170 valence electrons. The lowest BCUT2D eigenvalue weighted by molar-refractivity contribution is -0.147. The summed E-state index contributed by atoms with van der Waals surface area (Å²) in [6.07, 6.45) is 2.18. The fourth-order valence-corrected chi connectivity index (χ4v) is 5.31. The summed E-state index contributed by atoms with van der Waals surface area (Å²) in [6, 6.07) is 13.6. The van der Waals surface area contributed by atoms with Crippen molar-refractivity contribution >= 4 is 17.7 Å². The van der Waals surface area contributed by atoms with E-state index in [9.17, 15) is 9.18 Å². The van der Waals surface area contributed by atoms with E-state index in [1.54, 1.807) is 36.0 Å². The second-order valence-electron chi connectivity index (χ2n) is 8.28. The molecule has 1 N–H and O–H groups in total. The van der Waals surface area contributed by atoms with Crippen molar-refractivity contribution in [2.24, 2.45) is 11.8 Å². The Hall–Kier alpha value is -3.17. The fourth-order valence-electron chi connectivity index (χ4n) is 3.94. The van der Waals surface area contributed by atoms with E-state index in [0.29, 0.717) is 30.2 Å². The van der Waals surface area contributed by atoms with E-state index in [2.05, 4.69) is 28.0 Å². The highest BCUT2D eigenvalue weighted by atomic mass is 32.2. The number of ether oxygens (including phenoxy) is 1. The van der Waals surface area contributed by atoms with Crippen LogP contribution in [0.25, 0.3) is 11.5 Å². The lowest BCUT2D eigenvalue weighted by atomic mass is 10.0. The van der Waals surface area contributed by atoms with Crippen molar-refractivity contribution in [3.63, 3.8) is 0 Å². The molecule has 0 spiro atoms. The number of benzene rings is 2. The third-order valence-electron chi connectivity index (χ3n) is 5.74. The van der Waals surface area contributed by atoms with E-state index in [1.165, 1.54) is 11.0 Å². The average Bonchev–Trinajstić information content (AvgIpc) is 3.39. The number of carboxylic acids is 1. The van der Waals surface area contributed by atoms with E-state index < -0.39 is 11.8 Å². The van der Waals surface area contributed by atoms with Crippen molar-refractivity contribution in [2.45, 2.75) is 12.2 Å². The Balaban J connectivity index is 1.23. The van der Waals surface area contributed by atoms with Crippen LogP contribution in [0.1, 0.15) is 18.0 Å². The predicted molar refractivity (Wildman–Crippen MR) is 121 cm³/mol. The summed E-state index contributed by atoms with van der Waals surface area (Å²) in [4.78, 5) is 18.8. The van der Waals surface area contributed by atoms with Gasteiger partial charge in [0.1, 0.15) is 5.75 Å². The number of para-hydroxylation sites is 1. The molecule has 0 aliphatic carbocycles. The van der Waals surface area contributed by atoms with E-state index in [1.807, 2.05) is 18.2 Å². The zero-order chi connectivity index (χ0) is 22.9. The van der Waals surface area contributed by atoms with E-state index in [4.69, 9.17) is 14.4 Å². The van der Waals surface area contributed by atoms with Crippen LogP contribution >= 0.6 is 11.8 Å². The number of halogens is 1. The van der Waals surface area contributed by atoms with Crippen molar-refractivity contribution in [1.29, 1.82) is 0 Å². The molecule has 0 bridgehead atoms. The van der Waals surface area contributed by atoms with Gasteiger partial charge in [-0.05, 0) is 41.2 Å². The van der Waals surface area contributed by atoms with Gasteiger partial charge in [0, 0.05) is 25.2 Å². The molecule has 1 aromatic heterocycles. The maximum Gasteiger partial charge on any atom is 0.309 e. The standard InChI is InChI=1S/C24H22FN3O4S/c1-14-9-18(13-28-11-16(12-28)24(29)30)33-21(14)22-26-23(32-27-22)15-7-8-20(19(25)10-15)31-17-5-3-2-4-6-17/h2-10,14,16,21H,11-13H2,1H3,(H,29,30). The Labute approximate surface area is 194 Å². The van der Waals surface area contributed by atoms with Gasteiger partial charge < -0.3 is 14.4 Å². The van der Waals surface area contributed by atoms with Gasteiger partial charge in [-0.25, -0.2) is 4.39 Å². The van der Waals surface area contributed by atoms with Gasteiger partial charge in [-0.2, -0.15) is 4.98 Å². The number of carboxylic acid groups (broad SMARTS) is 1. The molecule has 0 amide bonds. The number of nitrogens with zero attached hydrogens (tertiary/aromatic N) is 3. The molecule has 3 aromatic rings. The molecule has 1 fully saturated rings. The number of aliphatic carboxylic acids is 1. The Kier molecular flexibility index (Phi) is 5.90. The molecule has 1 saturated heterocycles. The van der Waals surface area contributed by atoms with Gasteiger partial charge in [0.05, 0.1) is 11.2 Å². The molecule has 2 aliphatic rings. The van der Waals surface area contributed by atoms with E-state index >= 15 is 0 Å². The summed E-state index contributed by atoms with van der Waals surface area (Å²) >= 11 is 1.67. The number of hydrogen-bond acceptors (Lipinski definition) is 7. The molecule has 2 atom stereocenters. The van der Waals surface area contributed by atoms with Gasteiger partial charge in [0.15, 0.2) is 17.4 Å². The maximum absolute atomic E-state index is 14.6. The van der Waals surface area contributed by atoms with E-state index in [-0.39, 0.29) is 28.7 Å². The van der Waals surface area contributed by atoms with E-state index in [0.717, 1.165) is 6.54 Å². The average molecular weight is 468 g/mol. The molecule has 0 saturated carbocycles. The number of aromatic nitrogens is 2. The Morgan fingerprint density at radius 2 is 2.06 bits per heavy atom. The highest BCUT2D eigenvalue weighted by Gasteiger charge is 2.36. The van der Waals surface area contributed by atoms with Gasteiger partial charge >= 0.3 is 5.97 Å². The van der Waals surface area contributed by atoms with Crippen LogP contribution in [0.4, 0.5) is 4.39 Å². The van der Waals surface area contributed by atoms with Gasteiger partial charge in [0.25, 0.3) is 5.89 Å². The van der Waals surface area contributed by atoms with Crippen LogP contribution in [0.3, 0.4) is 0 Å². The van der Waals surface area contributed by atoms with Gasteiger partial charge in [0.2, 0.25) is 0 Å². The number of hydrogen-bond donors (Lipinski definition) is 1. The Bertz CT molecular complexity index is 1190. The molecule has 2 unspecified atom stereocenters. The first-order valence-electron chi connectivity index (χ1n) is 10.6. The molecular formula is C24H22FN3O4S. The first kappa shape index (κ1) is 21.7. The second-order valence-corrected chi connectivity index (χ2v) is 9.55. The van der Waals surface area contributed by atoms with Crippen LogP contribution in [0, 0.1) is 17.7 Å². The first-order chi connectivity index (χ1) is 16.0. The molecule has 33 heavy (non-hydrogen) atoms. The minimum absolute atomic E-state index is 0.000388. The number of allylic oxidation sites excluding steroid dienone is 1. The Morgan fingerprint density at radius 3 is 2.79 bits per heavy atom. The summed E-state index contributed by atoms with van der Waals surface area (Å²) in [5.41, 5.74) is 0.482. The monoisotopic (exact) mass is 467 g/mol. The Morgan fingerprint density at radius 1 is 1.27 bits per heavy atom. The summed E-state index contributed by atoms with van der Waals surface area (Å²) in [6.45, 7) is 3.97. The van der Waals surface area contributed by atoms with Gasteiger partial charge in [-0.1, -0.05) is 36.4 Å². The van der Waals surface area contributed by atoms with Crippen LogP contribution in [0.5, 0.6) is 11.5 Å². The molecule has 7 nitrogen and oxygen atoms in total. The normalized spacial score (nSPS) is 21.0. The lowest BCUT2D eigenvalue weighted by Crippen LogP contribution is -2.50. The van der Waals surface area contributed by atoms with Crippen LogP contribution < -0.4 is 4.74 Å². The predicted octanol–water partition coefficient (Wildman–Crippen LogP) is 4.99. The minimum Gasteiger partial charge on any atom is -0.481 e. The van der Waals surface area contributed by atoms with Crippen LogP contribution in [0.15, 0.2) is 64.0 Å². The molecule has 0 radical (unpaired) electrons. The van der Waals surface area contributed by atoms with Crippen molar-refractivity contribution in [2.75, 3.05) is 19.6 Å². The number of thioether (sulfide) groups is 1. The number of carbonyl (C=O) groups is 1. The molecule has 9 heteroatoms. The maximum atomic E-state index is 14.6. The molecule has 2 aliphatic heterocycles. The minimum atomic E-state index is -0.735.